The molecule has 2 aromatic rings. The largest absolute Gasteiger partial charge is 0.321 e. The molecule has 0 radical (unpaired) electrons. The first-order chi connectivity index (χ1) is 8.17. The zero-order chi connectivity index (χ0) is 11.9. The molecule has 0 amide bonds. The van der Waals surface area contributed by atoms with E-state index in [2.05, 4.69) is 0 Å². The van der Waals surface area contributed by atoms with Crippen LogP contribution in [0.4, 0.5) is 4.39 Å². The molecule has 2 aromatic carbocycles. The van der Waals surface area contributed by atoms with Crippen LogP contribution >= 0.6 is 0 Å². The first-order valence-electron chi connectivity index (χ1n) is 5.67. The molecule has 0 spiro atoms. The molecule has 0 aromatic heterocycles. The Labute approximate surface area is 99.9 Å². The highest BCUT2D eigenvalue weighted by molar-refractivity contribution is 5.44. The summed E-state index contributed by atoms with van der Waals surface area (Å²) < 4.78 is 19.7. The van der Waals surface area contributed by atoms with Crippen molar-refractivity contribution < 1.29 is 9.13 Å². The van der Waals surface area contributed by atoms with Crippen molar-refractivity contribution in [2.75, 3.05) is 0 Å². The molecule has 86 valence electrons. The van der Waals surface area contributed by atoms with Crippen molar-refractivity contribution in [2.24, 2.45) is 0 Å². The van der Waals surface area contributed by atoms with Crippen LogP contribution in [-0.2, 0) is 10.3 Å². The smallest absolute Gasteiger partial charge is 0.245 e. The van der Waals surface area contributed by atoms with Crippen LogP contribution in [0.3, 0.4) is 0 Å². The second kappa shape index (κ2) is 3.41. The summed E-state index contributed by atoms with van der Waals surface area (Å²) in [6.45, 7) is 1.48. The predicted octanol–water partition coefficient (Wildman–Crippen LogP) is 3.65. The van der Waals surface area contributed by atoms with Gasteiger partial charge in [-0.05, 0) is 18.1 Å². The van der Waals surface area contributed by atoms with Crippen LogP contribution in [0.1, 0.15) is 18.1 Å². The number of epoxide rings is 1. The number of benzene rings is 2. The number of hydrogen-bond acceptors (Lipinski definition) is 1. The van der Waals surface area contributed by atoms with E-state index in [0.29, 0.717) is 0 Å². The zero-order valence-electron chi connectivity index (χ0n) is 9.56. The van der Waals surface area contributed by atoms with Gasteiger partial charge < -0.3 is 4.74 Å². The lowest BCUT2D eigenvalue weighted by atomic mass is 9.87. The molecule has 0 saturated carbocycles. The van der Waals surface area contributed by atoms with Gasteiger partial charge in [-0.25, -0.2) is 4.39 Å². The van der Waals surface area contributed by atoms with Crippen LogP contribution in [0.25, 0.3) is 0 Å². The summed E-state index contributed by atoms with van der Waals surface area (Å²) in [6.07, 6.45) is 0. The van der Waals surface area contributed by atoms with E-state index in [1.165, 1.54) is 6.92 Å². The van der Waals surface area contributed by atoms with E-state index < -0.39 is 11.5 Å². The van der Waals surface area contributed by atoms with Gasteiger partial charge in [0.2, 0.25) is 5.85 Å². The van der Waals surface area contributed by atoms with E-state index in [-0.39, 0.29) is 0 Å². The van der Waals surface area contributed by atoms with Gasteiger partial charge >= 0.3 is 0 Å². The highest BCUT2D eigenvalue weighted by Crippen LogP contribution is 2.60. The minimum absolute atomic E-state index is 0.858. The van der Waals surface area contributed by atoms with Crippen molar-refractivity contribution >= 4 is 0 Å². The maximum absolute atomic E-state index is 14.3. The lowest BCUT2D eigenvalue weighted by molar-refractivity contribution is 0.161. The molecule has 1 aliphatic heterocycles. The molecule has 3 rings (SSSR count). The molecule has 1 saturated heterocycles. The number of hydrogen-bond donors (Lipinski definition) is 0. The Kier molecular flexibility index (Phi) is 2.10. The molecular formula is C15H13FO. The third-order valence-electron chi connectivity index (χ3n) is 3.29. The van der Waals surface area contributed by atoms with E-state index >= 15 is 0 Å². The van der Waals surface area contributed by atoms with Crippen LogP contribution in [0.15, 0.2) is 60.7 Å². The maximum atomic E-state index is 14.3. The molecule has 1 fully saturated rings. The van der Waals surface area contributed by atoms with Crippen molar-refractivity contribution in [1.29, 1.82) is 0 Å². The van der Waals surface area contributed by atoms with E-state index in [4.69, 9.17) is 4.74 Å². The molecule has 2 heteroatoms. The number of halogens is 1. The summed E-state index contributed by atoms with van der Waals surface area (Å²) in [5.41, 5.74) is 0.780. The van der Waals surface area contributed by atoms with Crippen LogP contribution < -0.4 is 0 Å². The van der Waals surface area contributed by atoms with Gasteiger partial charge in [-0.15, -0.1) is 0 Å². The van der Waals surface area contributed by atoms with E-state index in [1.807, 2.05) is 60.7 Å². The van der Waals surface area contributed by atoms with Crippen LogP contribution in [0.5, 0.6) is 0 Å². The lowest BCUT2D eigenvalue weighted by Gasteiger charge is -2.14. The monoisotopic (exact) mass is 228 g/mol. The fourth-order valence-electron chi connectivity index (χ4n) is 2.41. The maximum Gasteiger partial charge on any atom is 0.245 e. The normalized spacial score (nSPS) is 25.5. The molecule has 1 unspecified atom stereocenters. The summed E-state index contributed by atoms with van der Waals surface area (Å²) in [4.78, 5) is 0. The first kappa shape index (κ1) is 10.5. The highest BCUT2D eigenvalue weighted by Gasteiger charge is 2.70. The van der Waals surface area contributed by atoms with Crippen LogP contribution in [0.2, 0.25) is 0 Å². The van der Waals surface area contributed by atoms with Gasteiger partial charge in [0.15, 0.2) is 5.60 Å². The Hall–Kier alpha value is -1.67. The SMILES string of the molecule is CC1(F)OC1(c1ccccc1)c1ccccc1. The Balaban J connectivity index is 2.15. The summed E-state index contributed by atoms with van der Waals surface area (Å²) in [6, 6.07) is 19.0. The van der Waals surface area contributed by atoms with Crippen molar-refractivity contribution in [2.45, 2.75) is 18.4 Å². The van der Waals surface area contributed by atoms with Gasteiger partial charge in [-0.3, -0.25) is 0 Å². The molecule has 1 heterocycles. The molecule has 0 N–H and O–H groups in total. The molecule has 1 atom stereocenters. The van der Waals surface area contributed by atoms with E-state index in [0.717, 1.165) is 11.1 Å². The molecule has 1 nitrogen and oxygen atoms in total. The number of rotatable bonds is 2. The van der Waals surface area contributed by atoms with E-state index in [1.54, 1.807) is 0 Å². The minimum Gasteiger partial charge on any atom is -0.321 e. The second-order valence-electron chi connectivity index (χ2n) is 4.43. The standard InChI is InChI=1S/C15H13FO/c1-14(16)15(17-14,12-8-4-2-5-9-12)13-10-6-3-7-11-13/h2-11H,1H3. The van der Waals surface area contributed by atoms with E-state index in [9.17, 15) is 4.39 Å². The average Bonchev–Trinajstić information content (AvgIpc) is 2.96. The third-order valence-corrected chi connectivity index (χ3v) is 3.29. The average molecular weight is 228 g/mol. The fraction of sp³-hybridized carbons (Fsp3) is 0.200. The summed E-state index contributed by atoms with van der Waals surface area (Å²) in [5, 5.41) is 0. The Morgan fingerprint density at radius 2 is 1.18 bits per heavy atom. The molecule has 0 bridgehead atoms. The quantitative estimate of drug-likeness (QED) is 0.715. The van der Waals surface area contributed by atoms with Gasteiger partial charge in [-0.2, -0.15) is 0 Å². The van der Waals surface area contributed by atoms with Crippen LogP contribution in [-0.4, -0.2) is 5.85 Å². The molecular weight excluding hydrogens is 215 g/mol. The van der Waals surface area contributed by atoms with Crippen LogP contribution in [0, 0.1) is 0 Å². The molecule has 1 aliphatic rings. The first-order valence-corrected chi connectivity index (χ1v) is 5.67. The van der Waals surface area contributed by atoms with Crippen molar-refractivity contribution in [3.05, 3.63) is 71.8 Å². The van der Waals surface area contributed by atoms with Gasteiger partial charge in [0, 0.05) is 0 Å². The Morgan fingerprint density at radius 3 is 1.47 bits per heavy atom. The lowest BCUT2D eigenvalue weighted by Crippen LogP contribution is -2.18. The summed E-state index contributed by atoms with van der Waals surface area (Å²) in [5.74, 6) is -1.63. The zero-order valence-corrected chi connectivity index (χ0v) is 9.56. The minimum atomic E-state index is -1.63. The predicted molar refractivity (Wildman–Crippen MR) is 64.3 cm³/mol. The third kappa shape index (κ3) is 1.41. The second-order valence-corrected chi connectivity index (χ2v) is 4.43. The summed E-state index contributed by atoms with van der Waals surface area (Å²) in [7, 11) is 0. The summed E-state index contributed by atoms with van der Waals surface area (Å²) >= 11 is 0. The number of alkyl halides is 1. The fourth-order valence-corrected chi connectivity index (χ4v) is 2.41. The number of ether oxygens (including phenoxy) is 1. The highest BCUT2D eigenvalue weighted by atomic mass is 19.2. The van der Waals surface area contributed by atoms with Gasteiger partial charge in [-0.1, -0.05) is 60.7 Å². The molecule has 0 aliphatic carbocycles. The van der Waals surface area contributed by atoms with Gasteiger partial charge in [0.1, 0.15) is 0 Å². The Morgan fingerprint density at radius 1 is 0.824 bits per heavy atom. The topological polar surface area (TPSA) is 12.5 Å². The van der Waals surface area contributed by atoms with Gasteiger partial charge in [0.25, 0.3) is 0 Å². The molecule has 17 heavy (non-hydrogen) atoms. The van der Waals surface area contributed by atoms with Crippen molar-refractivity contribution in [1.82, 2.24) is 0 Å². The van der Waals surface area contributed by atoms with Crippen molar-refractivity contribution in [3.63, 3.8) is 0 Å². The Bertz CT molecular complexity index is 480. The van der Waals surface area contributed by atoms with Gasteiger partial charge in [0.05, 0.1) is 0 Å². The van der Waals surface area contributed by atoms with Crippen molar-refractivity contribution in [3.8, 4) is 0 Å².